The minimum absolute atomic E-state index is 0.0237. The van der Waals surface area contributed by atoms with Crippen LogP contribution in [0.25, 0.3) is 5.69 Å². The second-order valence-corrected chi connectivity index (χ2v) is 6.14. The van der Waals surface area contributed by atoms with Gasteiger partial charge in [-0.25, -0.2) is 4.68 Å². The Balaban J connectivity index is 1.64. The predicted octanol–water partition coefficient (Wildman–Crippen LogP) is 2.48. The van der Waals surface area contributed by atoms with Crippen LogP contribution >= 0.6 is 0 Å². The summed E-state index contributed by atoms with van der Waals surface area (Å²) < 4.78 is 7.23. The zero-order valence-corrected chi connectivity index (χ0v) is 14.8. The Labute approximate surface area is 152 Å². The predicted molar refractivity (Wildman–Crippen MR) is 96.8 cm³/mol. The van der Waals surface area contributed by atoms with Crippen molar-refractivity contribution in [2.24, 2.45) is 0 Å². The quantitative estimate of drug-likeness (QED) is 0.654. The van der Waals surface area contributed by atoms with Crippen molar-refractivity contribution >= 4 is 5.91 Å². The summed E-state index contributed by atoms with van der Waals surface area (Å²) in [5, 5.41) is 11.1. The summed E-state index contributed by atoms with van der Waals surface area (Å²) in [6.07, 6.45) is 1.50. The van der Waals surface area contributed by atoms with Crippen LogP contribution in [0.1, 0.15) is 19.4 Å². The number of rotatable bonds is 7. The normalized spacial score (nSPS) is 10.7. The third-order valence-corrected chi connectivity index (χ3v) is 3.93. The van der Waals surface area contributed by atoms with E-state index in [4.69, 9.17) is 4.74 Å². The van der Waals surface area contributed by atoms with Crippen LogP contribution in [0.4, 0.5) is 0 Å². The minimum Gasteiger partial charge on any atom is -0.484 e. The van der Waals surface area contributed by atoms with Gasteiger partial charge in [0.25, 0.3) is 5.91 Å². The number of ether oxygens (including phenoxy) is 1. The molecule has 26 heavy (non-hydrogen) atoms. The van der Waals surface area contributed by atoms with Crippen molar-refractivity contribution in [3.05, 3.63) is 66.5 Å². The first kappa shape index (κ1) is 17.6. The van der Waals surface area contributed by atoms with E-state index < -0.39 is 0 Å². The number of aromatic nitrogens is 4. The highest BCUT2D eigenvalue weighted by molar-refractivity contribution is 5.78. The third kappa shape index (κ3) is 4.44. The molecule has 7 heteroatoms. The minimum atomic E-state index is -0.0586. The highest BCUT2D eigenvalue weighted by Crippen LogP contribution is 2.16. The van der Waals surface area contributed by atoms with Crippen molar-refractivity contribution in [1.29, 1.82) is 0 Å². The molecule has 0 saturated carbocycles. The molecule has 3 rings (SSSR count). The van der Waals surface area contributed by atoms with Crippen molar-refractivity contribution in [2.75, 3.05) is 6.61 Å². The van der Waals surface area contributed by atoms with Crippen molar-refractivity contribution < 1.29 is 9.53 Å². The first-order chi connectivity index (χ1) is 12.6. The van der Waals surface area contributed by atoms with E-state index in [1.165, 1.54) is 11.0 Å². The SMILES string of the molecule is CC(C)N(Cc1ccccc1)C(=O)COc1cccc(-n2cnnn2)c1. The molecular weight excluding hydrogens is 330 g/mol. The molecule has 1 heterocycles. The first-order valence-electron chi connectivity index (χ1n) is 8.43. The highest BCUT2D eigenvalue weighted by atomic mass is 16.5. The van der Waals surface area contributed by atoms with Gasteiger partial charge in [0.2, 0.25) is 0 Å². The lowest BCUT2D eigenvalue weighted by molar-refractivity contribution is -0.135. The number of amides is 1. The molecule has 7 nitrogen and oxygen atoms in total. The maximum atomic E-state index is 12.6. The van der Waals surface area contributed by atoms with Gasteiger partial charge in [-0.05, 0) is 42.0 Å². The lowest BCUT2D eigenvalue weighted by atomic mass is 10.2. The van der Waals surface area contributed by atoms with Gasteiger partial charge in [0.1, 0.15) is 12.1 Å². The summed E-state index contributed by atoms with van der Waals surface area (Å²) in [5.41, 5.74) is 1.86. The summed E-state index contributed by atoms with van der Waals surface area (Å²) >= 11 is 0. The molecule has 1 amide bonds. The third-order valence-electron chi connectivity index (χ3n) is 3.93. The fourth-order valence-electron chi connectivity index (χ4n) is 2.56. The van der Waals surface area contributed by atoms with Crippen LogP contribution in [-0.4, -0.2) is 43.7 Å². The Morgan fingerprint density at radius 1 is 1.15 bits per heavy atom. The molecule has 2 aromatic carbocycles. The molecular formula is C19H21N5O2. The molecule has 0 radical (unpaired) electrons. The number of tetrazole rings is 1. The van der Waals surface area contributed by atoms with Gasteiger partial charge in [0.15, 0.2) is 6.61 Å². The van der Waals surface area contributed by atoms with Gasteiger partial charge >= 0.3 is 0 Å². The largest absolute Gasteiger partial charge is 0.484 e. The number of carbonyl (C=O) groups is 1. The Morgan fingerprint density at radius 3 is 2.65 bits per heavy atom. The molecule has 0 aliphatic carbocycles. The molecule has 1 aromatic heterocycles. The Bertz CT molecular complexity index is 834. The molecule has 0 bridgehead atoms. The summed E-state index contributed by atoms with van der Waals surface area (Å²) in [5.74, 6) is 0.534. The second kappa shape index (κ2) is 8.24. The van der Waals surface area contributed by atoms with E-state index >= 15 is 0 Å². The van der Waals surface area contributed by atoms with E-state index in [0.29, 0.717) is 12.3 Å². The number of hydrogen-bond donors (Lipinski definition) is 0. The molecule has 0 spiro atoms. The van der Waals surface area contributed by atoms with Gasteiger partial charge < -0.3 is 9.64 Å². The van der Waals surface area contributed by atoms with Crippen LogP contribution in [0.2, 0.25) is 0 Å². The maximum absolute atomic E-state index is 12.6. The molecule has 0 unspecified atom stereocenters. The topological polar surface area (TPSA) is 73.1 Å². The summed E-state index contributed by atoms with van der Waals surface area (Å²) in [6.45, 7) is 4.54. The fourth-order valence-corrected chi connectivity index (χ4v) is 2.56. The monoisotopic (exact) mass is 351 g/mol. The van der Waals surface area contributed by atoms with Crippen LogP contribution in [0.15, 0.2) is 60.9 Å². The van der Waals surface area contributed by atoms with Crippen LogP contribution in [0.5, 0.6) is 5.75 Å². The van der Waals surface area contributed by atoms with Crippen LogP contribution in [0.3, 0.4) is 0 Å². The van der Waals surface area contributed by atoms with E-state index in [1.807, 2.05) is 56.3 Å². The standard InChI is InChI=1S/C19H21N5O2/c1-15(2)23(12-16-7-4-3-5-8-16)19(25)13-26-18-10-6-9-17(11-18)24-14-20-21-22-24/h3-11,14-15H,12-13H2,1-2H3. The van der Waals surface area contributed by atoms with Crippen molar-refractivity contribution in [2.45, 2.75) is 26.4 Å². The summed E-state index contributed by atoms with van der Waals surface area (Å²) in [6, 6.07) is 17.3. The number of carbonyl (C=O) groups excluding carboxylic acids is 1. The Kier molecular flexibility index (Phi) is 5.58. The molecule has 134 valence electrons. The van der Waals surface area contributed by atoms with Gasteiger partial charge in [0.05, 0.1) is 5.69 Å². The molecule has 0 aliphatic rings. The molecule has 0 atom stereocenters. The first-order valence-corrected chi connectivity index (χ1v) is 8.43. The number of nitrogens with zero attached hydrogens (tertiary/aromatic N) is 5. The van der Waals surface area contributed by atoms with Crippen molar-refractivity contribution in [1.82, 2.24) is 25.1 Å². The molecule has 0 fully saturated rings. The average Bonchev–Trinajstić information content (AvgIpc) is 3.20. The zero-order chi connectivity index (χ0) is 18.4. The van der Waals surface area contributed by atoms with Gasteiger partial charge in [-0.1, -0.05) is 36.4 Å². The van der Waals surface area contributed by atoms with E-state index in [9.17, 15) is 4.79 Å². The second-order valence-electron chi connectivity index (χ2n) is 6.14. The Hall–Kier alpha value is -3.22. The van der Waals surface area contributed by atoms with Gasteiger partial charge in [-0.15, -0.1) is 5.10 Å². The van der Waals surface area contributed by atoms with E-state index in [1.54, 1.807) is 17.0 Å². The number of benzene rings is 2. The molecule has 3 aromatic rings. The molecule has 0 aliphatic heterocycles. The van der Waals surface area contributed by atoms with Gasteiger partial charge in [-0.2, -0.15) is 0 Å². The van der Waals surface area contributed by atoms with Crippen LogP contribution in [-0.2, 0) is 11.3 Å². The zero-order valence-electron chi connectivity index (χ0n) is 14.8. The Morgan fingerprint density at radius 2 is 1.96 bits per heavy atom. The van der Waals surface area contributed by atoms with E-state index in [0.717, 1.165) is 11.3 Å². The molecule has 0 saturated heterocycles. The van der Waals surface area contributed by atoms with Crippen molar-refractivity contribution in [3.8, 4) is 11.4 Å². The summed E-state index contributed by atoms with van der Waals surface area (Å²) in [4.78, 5) is 14.4. The van der Waals surface area contributed by atoms with Crippen molar-refractivity contribution in [3.63, 3.8) is 0 Å². The fraction of sp³-hybridized carbons (Fsp3) is 0.263. The van der Waals surface area contributed by atoms with Crippen LogP contribution < -0.4 is 4.74 Å². The lowest BCUT2D eigenvalue weighted by Gasteiger charge is -2.27. The average molecular weight is 351 g/mol. The maximum Gasteiger partial charge on any atom is 0.261 e. The van der Waals surface area contributed by atoms with Crippen LogP contribution in [0, 0.1) is 0 Å². The number of hydrogen-bond acceptors (Lipinski definition) is 5. The highest BCUT2D eigenvalue weighted by Gasteiger charge is 2.18. The van der Waals surface area contributed by atoms with Gasteiger partial charge in [-0.3, -0.25) is 4.79 Å². The van der Waals surface area contributed by atoms with Gasteiger partial charge in [0, 0.05) is 18.7 Å². The smallest absolute Gasteiger partial charge is 0.261 e. The lowest BCUT2D eigenvalue weighted by Crippen LogP contribution is -2.39. The van der Waals surface area contributed by atoms with E-state index in [-0.39, 0.29) is 18.6 Å². The van der Waals surface area contributed by atoms with E-state index in [2.05, 4.69) is 15.5 Å². The summed E-state index contributed by atoms with van der Waals surface area (Å²) in [7, 11) is 0. The molecule has 0 N–H and O–H groups in total.